The van der Waals surface area contributed by atoms with E-state index in [2.05, 4.69) is 5.32 Å². The van der Waals surface area contributed by atoms with Gasteiger partial charge in [0.05, 0.1) is 22.2 Å². The maximum absolute atomic E-state index is 12.8. The molecule has 0 spiro atoms. The quantitative estimate of drug-likeness (QED) is 0.840. The van der Waals surface area contributed by atoms with Crippen LogP contribution < -0.4 is 5.32 Å². The normalized spacial score (nSPS) is 21.7. The van der Waals surface area contributed by atoms with Gasteiger partial charge in [0.25, 0.3) is 0 Å². The number of rotatable bonds is 3. The molecule has 1 N–H and O–H groups in total. The van der Waals surface area contributed by atoms with Gasteiger partial charge < -0.3 is 14.6 Å². The Morgan fingerprint density at radius 3 is 1.76 bits per heavy atom. The molecule has 8 heteroatoms. The van der Waals surface area contributed by atoms with Crippen LogP contribution in [0.5, 0.6) is 0 Å². The topological polar surface area (TPSA) is 47.6 Å². The molecule has 0 bridgehead atoms. The van der Waals surface area contributed by atoms with Gasteiger partial charge in [-0.3, -0.25) is 4.79 Å². The number of hydrogen-bond acceptors (Lipinski definition) is 3. The van der Waals surface area contributed by atoms with Gasteiger partial charge in [0, 0.05) is 6.92 Å². The van der Waals surface area contributed by atoms with Crippen LogP contribution in [0.25, 0.3) is 0 Å². The van der Waals surface area contributed by atoms with Gasteiger partial charge in [0.1, 0.15) is 0 Å². The van der Waals surface area contributed by atoms with E-state index in [9.17, 15) is 18.0 Å². The second-order valence-corrected chi connectivity index (χ2v) is 7.55. The highest BCUT2D eigenvalue weighted by atomic mass is 19.4. The van der Waals surface area contributed by atoms with E-state index >= 15 is 0 Å². The highest BCUT2D eigenvalue weighted by Gasteiger charge is 2.59. The second kappa shape index (κ2) is 6.02. The molecule has 0 aromatic heterocycles. The van der Waals surface area contributed by atoms with Crippen LogP contribution >= 0.6 is 0 Å². The van der Waals surface area contributed by atoms with E-state index in [-0.39, 0.29) is 5.91 Å². The Hall–Kier alpha value is -1.54. The molecule has 1 amide bonds. The molecule has 1 unspecified atom stereocenters. The highest BCUT2D eigenvalue weighted by Crippen LogP contribution is 2.42. The van der Waals surface area contributed by atoms with Crippen LogP contribution in [0.3, 0.4) is 0 Å². The van der Waals surface area contributed by atoms with Crippen LogP contribution in [0.4, 0.5) is 13.2 Å². The molecule has 138 valence electrons. The number of halogens is 3. The Balaban J connectivity index is 2.44. The molecule has 1 saturated heterocycles. The van der Waals surface area contributed by atoms with Gasteiger partial charge in [-0.25, -0.2) is 0 Å². The average Bonchev–Trinajstić information content (AvgIpc) is 2.66. The zero-order valence-corrected chi connectivity index (χ0v) is 15.2. The van der Waals surface area contributed by atoms with Crippen molar-refractivity contribution in [3.8, 4) is 0 Å². The SMILES string of the molecule is CC(=O)NC(C)(B1OC(C)(C)C(C)(C)O1)c1ccc(C(F)(F)F)cc1. The lowest BCUT2D eigenvalue weighted by molar-refractivity contribution is -0.137. The summed E-state index contributed by atoms with van der Waals surface area (Å²) in [7, 11) is -0.849. The molecule has 4 nitrogen and oxygen atoms in total. The van der Waals surface area contributed by atoms with Crippen LogP contribution in [0.2, 0.25) is 0 Å². The minimum absolute atomic E-state index is 0.336. The first-order chi connectivity index (χ1) is 11.2. The number of hydrogen-bond donors (Lipinski definition) is 1. The fraction of sp³-hybridized carbons (Fsp3) is 0.588. The van der Waals surface area contributed by atoms with E-state index in [1.54, 1.807) is 6.92 Å². The van der Waals surface area contributed by atoms with Crippen molar-refractivity contribution in [2.45, 2.75) is 64.4 Å². The van der Waals surface area contributed by atoms with Crippen molar-refractivity contribution < 1.29 is 27.3 Å². The Morgan fingerprint density at radius 1 is 1.00 bits per heavy atom. The van der Waals surface area contributed by atoms with Crippen molar-refractivity contribution in [2.75, 3.05) is 0 Å². The van der Waals surface area contributed by atoms with Gasteiger partial charge in [-0.05, 0) is 52.3 Å². The molecule has 2 rings (SSSR count). The van der Waals surface area contributed by atoms with Gasteiger partial charge in [-0.1, -0.05) is 12.1 Å². The van der Waals surface area contributed by atoms with E-state index in [0.717, 1.165) is 12.1 Å². The average molecular weight is 357 g/mol. The monoisotopic (exact) mass is 357 g/mol. The predicted molar refractivity (Wildman–Crippen MR) is 88.7 cm³/mol. The van der Waals surface area contributed by atoms with Crippen molar-refractivity contribution in [3.05, 3.63) is 35.4 Å². The van der Waals surface area contributed by atoms with Crippen LogP contribution in [-0.4, -0.2) is 24.2 Å². The number of amides is 1. The summed E-state index contributed by atoms with van der Waals surface area (Å²) in [5, 5.41) is 2.78. The molecule has 1 fully saturated rings. The van der Waals surface area contributed by atoms with E-state index in [4.69, 9.17) is 9.31 Å². The zero-order chi connectivity index (χ0) is 19.3. The van der Waals surface area contributed by atoms with Crippen molar-refractivity contribution in [2.24, 2.45) is 0 Å². The molecule has 1 atom stereocenters. The summed E-state index contributed by atoms with van der Waals surface area (Å²) in [6, 6.07) is 4.65. The van der Waals surface area contributed by atoms with Gasteiger partial charge in [-0.15, -0.1) is 0 Å². The van der Waals surface area contributed by atoms with Crippen LogP contribution in [0, 0.1) is 0 Å². The van der Waals surface area contributed by atoms with Gasteiger partial charge in [-0.2, -0.15) is 13.2 Å². The van der Waals surface area contributed by atoms with Crippen molar-refractivity contribution in [1.82, 2.24) is 5.32 Å². The number of carbonyl (C=O) groups excluding carboxylic acids is 1. The fourth-order valence-corrected chi connectivity index (χ4v) is 2.72. The summed E-state index contributed by atoms with van der Waals surface area (Å²) in [5.74, 6) is -0.336. The Labute approximate surface area is 146 Å². The smallest absolute Gasteiger partial charge is 0.401 e. The van der Waals surface area contributed by atoms with E-state index in [1.807, 2.05) is 27.7 Å². The van der Waals surface area contributed by atoms with Crippen molar-refractivity contribution in [1.29, 1.82) is 0 Å². The van der Waals surface area contributed by atoms with Crippen LogP contribution in [-0.2, 0) is 25.7 Å². The van der Waals surface area contributed by atoms with Gasteiger partial charge >= 0.3 is 13.3 Å². The molecule has 1 aliphatic rings. The molecule has 25 heavy (non-hydrogen) atoms. The Kier molecular flexibility index (Phi) is 4.76. The first kappa shape index (κ1) is 19.8. The maximum atomic E-state index is 12.8. The first-order valence-electron chi connectivity index (χ1n) is 8.01. The number of alkyl halides is 3. The first-order valence-corrected chi connectivity index (χ1v) is 8.01. The molecule has 0 radical (unpaired) electrons. The van der Waals surface area contributed by atoms with Crippen molar-refractivity contribution >= 4 is 13.0 Å². The minimum Gasteiger partial charge on any atom is -0.401 e. The lowest BCUT2D eigenvalue weighted by atomic mass is 9.61. The number of nitrogens with one attached hydrogen (secondary N) is 1. The molecule has 0 aliphatic carbocycles. The fourth-order valence-electron chi connectivity index (χ4n) is 2.72. The third kappa shape index (κ3) is 3.69. The molecule has 1 aromatic rings. The standard InChI is InChI=1S/C17H23BF3NO3/c1-11(23)22-16(6,18-24-14(2,3)15(4,5)25-18)12-7-9-13(10-8-12)17(19,20)21/h7-10H,1-6H3,(H,22,23). The zero-order valence-electron chi connectivity index (χ0n) is 15.2. The molecule has 0 saturated carbocycles. The third-order valence-corrected chi connectivity index (χ3v) is 4.97. The minimum atomic E-state index is -4.42. The molecular formula is C17H23BF3NO3. The summed E-state index contributed by atoms with van der Waals surface area (Å²) in [5.41, 5.74) is -2.70. The maximum Gasteiger partial charge on any atom is 0.489 e. The summed E-state index contributed by atoms with van der Waals surface area (Å²) in [6.45, 7) is 10.5. The Morgan fingerprint density at radius 2 is 1.40 bits per heavy atom. The third-order valence-electron chi connectivity index (χ3n) is 4.97. The molecule has 1 aromatic carbocycles. The second-order valence-electron chi connectivity index (χ2n) is 7.55. The molecule has 1 aliphatic heterocycles. The highest BCUT2D eigenvalue weighted by molar-refractivity contribution is 6.50. The van der Waals surface area contributed by atoms with Crippen LogP contribution in [0.15, 0.2) is 24.3 Å². The summed E-state index contributed by atoms with van der Waals surface area (Å²) < 4.78 is 50.5. The lowest BCUT2D eigenvalue weighted by Gasteiger charge is -2.33. The summed E-state index contributed by atoms with van der Waals surface area (Å²) >= 11 is 0. The van der Waals surface area contributed by atoms with E-state index in [1.165, 1.54) is 19.1 Å². The predicted octanol–water partition coefficient (Wildman–Crippen LogP) is 3.69. The molecular weight excluding hydrogens is 334 g/mol. The molecule has 1 heterocycles. The van der Waals surface area contributed by atoms with Crippen LogP contribution in [0.1, 0.15) is 52.7 Å². The summed E-state index contributed by atoms with van der Waals surface area (Å²) in [4.78, 5) is 11.7. The van der Waals surface area contributed by atoms with Crippen molar-refractivity contribution in [3.63, 3.8) is 0 Å². The van der Waals surface area contributed by atoms with Gasteiger partial charge in [0.2, 0.25) is 5.91 Å². The Bertz CT molecular complexity index is 642. The van der Waals surface area contributed by atoms with E-state index < -0.39 is 35.5 Å². The summed E-state index contributed by atoms with van der Waals surface area (Å²) in [6.07, 6.45) is -4.42. The largest absolute Gasteiger partial charge is 0.489 e. The lowest BCUT2D eigenvalue weighted by Crippen LogP contribution is -2.55. The number of benzene rings is 1. The number of carbonyl (C=O) groups is 1. The van der Waals surface area contributed by atoms with Gasteiger partial charge in [0.15, 0.2) is 0 Å². The van der Waals surface area contributed by atoms with E-state index in [0.29, 0.717) is 5.56 Å².